The van der Waals surface area contributed by atoms with Gasteiger partial charge in [0.05, 0.1) is 14.2 Å². The number of Topliss-reactive ketones (excluding diaryl/α,β-unsaturated/α-hetero) is 1. The molecule has 1 aliphatic carbocycles. The van der Waals surface area contributed by atoms with Gasteiger partial charge in [0.1, 0.15) is 0 Å². The van der Waals surface area contributed by atoms with Gasteiger partial charge in [0.15, 0.2) is 17.3 Å². The van der Waals surface area contributed by atoms with Crippen LogP contribution in [0.4, 0.5) is 0 Å². The van der Waals surface area contributed by atoms with Gasteiger partial charge in [0.2, 0.25) is 0 Å². The molecule has 0 N–H and O–H groups in total. The van der Waals surface area contributed by atoms with Gasteiger partial charge >= 0.3 is 17.8 Å². The molecule has 5 rings (SSSR count). The molecular weight excluding hydrogens is 438 g/mol. The van der Waals surface area contributed by atoms with Crippen molar-refractivity contribution < 1.29 is 33.3 Å². The van der Waals surface area contributed by atoms with Crippen molar-refractivity contribution in [1.29, 1.82) is 0 Å². The predicted molar refractivity (Wildman–Crippen MR) is 120 cm³/mol. The second kappa shape index (κ2) is 8.76. The van der Waals surface area contributed by atoms with Crippen LogP contribution in [0.1, 0.15) is 40.7 Å². The lowest BCUT2D eigenvalue weighted by Gasteiger charge is -2.43. The number of ketones is 1. The lowest BCUT2D eigenvalue weighted by molar-refractivity contribution is -0.275. The number of hydrogen-bond acceptors (Lipinski definition) is 8. The molecule has 0 amide bonds. The summed E-state index contributed by atoms with van der Waals surface area (Å²) < 4.78 is 21.8. The standard InChI is InChI=1S/C26H27NO7/c1-31-21-12-18-11-19(23(28)20(18)13-22(21)32-2)10-17-8-9-27(15-16-6-4-3-5-7-16)26(14-17)33-24(29)25(30)34-26/h3-7,12-13,17,19H,8-11,14-15H2,1-2H3. The zero-order valence-electron chi connectivity index (χ0n) is 19.2. The Hall–Kier alpha value is -3.39. The number of methoxy groups -OCH3 is 2. The third-order valence-corrected chi connectivity index (χ3v) is 7.05. The Labute approximate surface area is 197 Å². The molecule has 2 aliphatic heterocycles. The summed E-state index contributed by atoms with van der Waals surface area (Å²) in [5, 5.41) is 0. The highest BCUT2D eigenvalue weighted by Crippen LogP contribution is 2.44. The van der Waals surface area contributed by atoms with E-state index in [-0.39, 0.29) is 17.6 Å². The smallest absolute Gasteiger partial charge is 0.421 e. The van der Waals surface area contributed by atoms with Gasteiger partial charge in [-0.2, -0.15) is 0 Å². The number of carbonyl (C=O) groups excluding carboxylic acids is 3. The summed E-state index contributed by atoms with van der Waals surface area (Å²) >= 11 is 0. The molecule has 2 aromatic carbocycles. The molecule has 0 saturated carbocycles. The maximum atomic E-state index is 13.2. The maximum Gasteiger partial charge on any atom is 0.421 e. The Morgan fingerprint density at radius 3 is 2.35 bits per heavy atom. The van der Waals surface area contributed by atoms with Crippen molar-refractivity contribution in [3.8, 4) is 11.5 Å². The van der Waals surface area contributed by atoms with Crippen molar-refractivity contribution in [3.63, 3.8) is 0 Å². The van der Waals surface area contributed by atoms with E-state index in [4.69, 9.17) is 18.9 Å². The van der Waals surface area contributed by atoms with Gasteiger partial charge < -0.3 is 18.9 Å². The van der Waals surface area contributed by atoms with Gasteiger partial charge in [-0.3, -0.25) is 4.79 Å². The molecule has 34 heavy (non-hydrogen) atoms. The Morgan fingerprint density at radius 2 is 1.68 bits per heavy atom. The number of likely N-dealkylation sites (tertiary alicyclic amines) is 1. The van der Waals surface area contributed by atoms with Gasteiger partial charge in [0, 0.05) is 31.0 Å². The average Bonchev–Trinajstić information content (AvgIpc) is 3.30. The molecule has 2 atom stereocenters. The molecule has 2 fully saturated rings. The van der Waals surface area contributed by atoms with Crippen LogP contribution >= 0.6 is 0 Å². The van der Waals surface area contributed by atoms with E-state index in [1.807, 2.05) is 41.3 Å². The molecule has 1 spiro atoms. The summed E-state index contributed by atoms with van der Waals surface area (Å²) in [6, 6.07) is 13.4. The van der Waals surface area contributed by atoms with E-state index in [2.05, 4.69) is 0 Å². The SMILES string of the molecule is COc1cc2c(cc1OC)C(=O)C(CC1CCN(Cc3ccccc3)C3(C1)OC(=O)C(=O)O3)C2. The second-order valence-corrected chi connectivity index (χ2v) is 9.12. The minimum atomic E-state index is -1.42. The fourth-order valence-corrected chi connectivity index (χ4v) is 5.41. The number of ether oxygens (including phenoxy) is 4. The van der Waals surface area contributed by atoms with Gasteiger partial charge in [-0.25, -0.2) is 14.5 Å². The van der Waals surface area contributed by atoms with E-state index in [1.165, 1.54) is 0 Å². The number of hydrogen-bond donors (Lipinski definition) is 0. The van der Waals surface area contributed by atoms with E-state index in [0.29, 0.717) is 49.4 Å². The Morgan fingerprint density at radius 1 is 1.00 bits per heavy atom. The normalized spacial score (nSPS) is 23.5. The number of esters is 2. The fourth-order valence-electron chi connectivity index (χ4n) is 5.41. The highest BCUT2D eigenvalue weighted by Gasteiger charge is 2.56. The summed E-state index contributed by atoms with van der Waals surface area (Å²) in [4.78, 5) is 39.1. The molecule has 8 heteroatoms. The first-order chi connectivity index (χ1) is 16.4. The van der Waals surface area contributed by atoms with Crippen LogP contribution < -0.4 is 9.47 Å². The Balaban J connectivity index is 1.33. The first-order valence-corrected chi connectivity index (χ1v) is 11.5. The van der Waals surface area contributed by atoms with Crippen molar-refractivity contribution in [3.05, 3.63) is 59.2 Å². The molecule has 3 aliphatic rings. The van der Waals surface area contributed by atoms with E-state index < -0.39 is 17.8 Å². The van der Waals surface area contributed by atoms with Crippen LogP contribution in [0.15, 0.2) is 42.5 Å². The average molecular weight is 466 g/mol. The van der Waals surface area contributed by atoms with E-state index in [1.54, 1.807) is 20.3 Å². The molecule has 0 bridgehead atoms. The van der Waals surface area contributed by atoms with Crippen LogP contribution in [0.5, 0.6) is 11.5 Å². The van der Waals surface area contributed by atoms with Crippen molar-refractivity contribution in [2.24, 2.45) is 11.8 Å². The number of nitrogens with zero attached hydrogens (tertiary/aromatic N) is 1. The molecule has 2 aromatic rings. The predicted octanol–water partition coefficient (Wildman–Crippen LogP) is 3.11. The van der Waals surface area contributed by atoms with Crippen LogP contribution in [0.25, 0.3) is 0 Å². The molecule has 0 aromatic heterocycles. The van der Waals surface area contributed by atoms with E-state index >= 15 is 0 Å². The second-order valence-electron chi connectivity index (χ2n) is 9.12. The van der Waals surface area contributed by atoms with Crippen LogP contribution in [-0.2, 0) is 32.0 Å². The van der Waals surface area contributed by atoms with Gasteiger partial charge in [0.25, 0.3) is 0 Å². The zero-order valence-corrected chi connectivity index (χ0v) is 19.2. The highest BCUT2D eigenvalue weighted by atomic mass is 16.8. The number of benzene rings is 2. The molecule has 8 nitrogen and oxygen atoms in total. The first-order valence-electron chi connectivity index (χ1n) is 11.5. The van der Waals surface area contributed by atoms with Crippen molar-refractivity contribution in [2.45, 2.75) is 38.1 Å². The summed E-state index contributed by atoms with van der Waals surface area (Å²) in [5.41, 5.74) is 2.64. The zero-order chi connectivity index (χ0) is 23.9. The monoisotopic (exact) mass is 465 g/mol. The molecule has 2 unspecified atom stereocenters. The molecule has 2 heterocycles. The lowest BCUT2D eigenvalue weighted by Crippen LogP contribution is -2.55. The third-order valence-electron chi connectivity index (χ3n) is 7.05. The quantitative estimate of drug-likeness (QED) is 0.475. The van der Waals surface area contributed by atoms with Crippen LogP contribution in [0.2, 0.25) is 0 Å². The minimum absolute atomic E-state index is 0.0535. The number of fused-ring (bicyclic) bond motifs is 1. The fraction of sp³-hybridized carbons (Fsp3) is 0.423. The third kappa shape index (κ3) is 3.92. The molecule has 0 radical (unpaired) electrons. The molecule has 178 valence electrons. The first kappa shape index (κ1) is 22.4. The van der Waals surface area contributed by atoms with Crippen LogP contribution in [-0.4, -0.2) is 49.3 Å². The van der Waals surface area contributed by atoms with Gasteiger partial charge in [-0.15, -0.1) is 0 Å². The van der Waals surface area contributed by atoms with Crippen molar-refractivity contribution in [1.82, 2.24) is 4.90 Å². The highest BCUT2D eigenvalue weighted by molar-refractivity contribution is 6.31. The summed E-state index contributed by atoms with van der Waals surface area (Å²) in [5.74, 6) is -2.28. The topological polar surface area (TPSA) is 91.4 Å². The van der Waals surface area contributed by atoms with E-state index in [0.717, 1.165) is 17.5 Å². The largest absolute Gasteiger partial charge is 0.493 e. The number of piperidine rings is 1. The molecule has 2 saturated heterocycles. The van der Waals surface area contributed by atoms with Crippen molar-refractivity contribution in [2.75, 3.05) is 20.8 Å². The summed E-state index contributed by atoms with van der Waals surface area (Å²) in [6.07, 6.45) is 2.38. The van der Waals surface area contributed by atoms with Gasteiger partial charge in [-0.05, 0) is 48.4 Å². The minimum Gasteiger partial charge on any atom is -0.493 e. The number of carbonyl (C=O) groups is 3. The van der Waals surface area contributed by atoms with Crippen molar-refractivity contribution >= 4 is 17.7 Å². The van der Waals surface area contributed by atoms with Crippen LogP contribution in [0, 0.1) is 11.8 Å². The van der Waals surface area contributed by atoms with E-state index in [9.17, 15) is 14.4 Å². The van der Waals surface area contributed by atoms with Crippen LogP contribution in [0.3, 0.4) is 0 Å². The Kier molecular flexibility index (Phi) is 5.77. The maximum absolute atomic E-state index is 13.2. The lowest BCUT2D eigenvalue weighted by atomic mass is 9.83. The number of rotatable bonds is 6. The summed E-state index contributed by atoms with van der Waals surface area (Å²) in [6.45, 7) is 1.07. The molecular formula is C26H27NO7. The summed E-state index contributed by atoms with van der Waals surface area (Å²) in [7, 11) is 3.12. The Bertz CT molecular complexity index is 1110. The van der Waals surface area contributed by atoms with Gasteiger partial charge in [-0.1, -0.05) is 30.3 Å².